The van der Waals surface area contributed by atoms with Crippen molar-refractivity contribution < 1.29 is 23.5 Å². The van der Waals surface area contributed by atoms with E-state index in [0.717, 1.165) is 11.3 Å². The van der Waals surface area contributed by atoms with E-state index in [2.05, 4.69) is 20.8 Å². The first-order valence-corrected chi connectivity index (χ1v) is 9.99. The van der Waals surface area contributed by atoms with Crippen LogP contribution in [0.3, 0.4) is 0 Å². The predicted molar refractivity (Wildman–Crippen MR) is 111 cm³/mol. The Bertz CT molecular complexity index is 1080. The molecule has 31 heavy (non-hydrogen) atoms. The molecule has 0 aliphatic heterocycles. The summed E-state index contributed by atoms with van der Waals surface area (Å²) in [5.74, 6) is -2.58. The Hall–Kier alpha value is -3.75. The highest BCUT2D eigenvalue weighted by Crippen LogP contribution is 2.36. The molecule has 160 valence electrons. The fourth-order valence-corrected chi connectivity index (χ4v) is 3.75. The fourth-order valence-electron chi connectivity index (χ4n) is 3.75. The van der Waals surface area contributed by atoms with Gasteiger partial charge >= 0.3 is 23.8 Å². The van der Waals surface area contributed by atoms with Crippen LogP contribution in [0.2, 0.25) is 0 Å². The number of hydrogen-bond acceptors (Lipinski definition) is 6. The minimum atomic E-state index is -0.772. The van der Waals surface area contributed by atoms with Crippen molar-refractivity contribution in [2.24, 2.45) is 5.92 Å². The number of para-hydroxylation sites is 1. The van der Waals surface area contributed by atoms with Crippen LogP contribution >= 0.6 is 0 Å². The molecule has 0 saturated heterocycles. The number of anilines is 3. The largest absolute Gasteiger partial charge is 0.481 e. The topological polar surface area (TPSA) is 117 Å². The van der Waals surface area contributed by atoms with Gasteiger partial charge in [0.2, 0.25) is 0 Å². The lowest BCUT2D eigenvalue weighted by Gasteiger charge is -2.26. The number of hydrogen-bond donors (Lipinski definition) is 3. The Balaban J connectivity index is 1.38. The Morgan fingerprint density at radius 2 is 1.77 bits per heavy atom. The van der Waals surface area contributed by atoms with Gasteiger partial charge in [-0.25, -0.2) is 4.39 Å². The molecule has 2 aromatic carbocycles. The van der Waals surface area contributed by atoms with Crippen molar-refractivity contribution in [1.29, 1.82) is 0 Å². The third kappa shape index (κ3) is 4.88. The van der Waals surface area contributed by atoms with Crippen molar-refractivity contribution >= 4 is 29.3 Å². The number of nitrogens with zero attached hydrogens (tertiary/aromatic N) is 2. The van der Waals surface area contributed by atoms with E-state index in [1.54, 1.807) is 18.2 Å². The lowest BCUT2D eigenvalue weighted by Crippen LogP contribution is -2.20. The number of carboxylic acid groups (broad SMARTS) is 1. The Morgan fingerprint density at radius 3 is 2.45 bits per heavy atom. The van der Waals surface area contributed by atoms with E-state index in [1.807, 2.05) is 18.2 Å². The second kappa shape index (κ2) is 8.95. The van der Waals surface area contributed by atoms with Crippen molar-refractivity contribution in [2.45, 2.75) is 31.6 Å². The highest BCUT2D eigenvalue weighted by atomic mass is 19.1. The number of rotatable bonds is 6. The van der Waals surface area contributed by atoms with Gasteiger partial charge in [0.25, 0.3) is 0 Å². The second-order valence-electron chi connectivity index (χ2n) is 7.48. The van der Waals surface area contributed by atoms with E-state index in [-0.39, 0.29) is 29.4 Å². The lowest BCUT2D eigenvalue weighted by molar-refractivity contribution is -0.142. The zero-order valence-corrected chi connectivity index (χ0v) is 16.5. The minimum Gasteiger partial charge on any atom is -0.481 e. The molecule has 0 unspecified atom stereocenters. The van der Waals surface area contributed by atoms with Gasteiger partial charge in [0.1, 0.15) is 5.82 Å². The van der Waals surface area contributed by atoms with Crippen LogP contribution in [0.4, 0.5) is 21.8 Å². The van der Waals surface area contributed by atoms with E-state index in [1.165, 1.54) is 12.1 Å². The van der Waals surface area contributed by atoms with Crippen molar-refractivity contribution in [2.75, 3.05) is 10.6 Å². The summed E-state index contributed by atoms with van der Waals surface area (Å²) in [4.78, 5) is 23.4. The number of halogens is 1. The van der Waals surface area contributed by atoms with Crippen LogP contribution in [0.1, 0.15) is 47.8 Å². The fraction of sp³-hybridized carbons (Fsp3) is 0.273. The van der Waals surface area contributed by atoms with E-state index < -0.39 is 17.7 Å². The average Bonchev–Trinajstić information content (AvgIpc) is 3.24. The molecule has 1 aliphatic carbocycles. The first kappa shape index (κ1) is 20.5. The SMILES string of the molecule is O=C(Nc1ccc([C@H]2CC[C@@H](C(=O)O)CC2)cc1F)c1nnc(Nc2ccccc2)o1. The summed E-state index contributed by atoms with van der Waals surface area (Å²) in [5, 5.41) is 21.9. The molecule has 3 aromatic rings. The van der Waals surface area contributed by atoms with Crippen LogP contribution in [0.25, 0.3) is 0 Å². The summed E-state index contributed by atoms with van der Waals surface area (Å²) in [6.45, 7) is 0. The van der Waals surface area contributed by atoms with Gasteiger partial charge in [-0.15, -0.1) is 5.10 Å². The number of carbonyl (C=O) groups is 2. The van der Waals surface area contributed by atoms with Gasteiger partial charge in [-0.3, -0.25) is 9.59 Å². The Kier molecular flexibility index (Phi) is 5.92. The van der Waals surface area contributed by atoms with Crippen LogP contribution in [0, 0.1) is 11.7 Å². The summed E-state index contributed by atoms with van der Waals surface area (Å²) in [7, 11) is 0. The smallest absolute Gasteiger partial charge is 0.320 e. The Morgan fingerprint density at radius 1 is 1.03 bits per heavy atom. The van der Waals surface area contributed by atoms with E-state index in [4.69, 9.17) is 9.52 Å². The maximum Gasteiger partial charge on any atom is 0.320 e. The van der Waals surface area contributed by atoms with Gasteiger partial charge in [-0.2, -0.15) is 0 Å². The summed E-state index contributed by atoms with van der Waals surface area (Å²) in [6.07, 6.45) is 2.55. The van der Waals surface area contributed by atoms with Gasteiger partial charge < -0.3 is 20.2 Å². The summed E-state index contributed by atoms with van der Waals surface area (Å²) in [5.41, 5.74) is 1.52. The number of aromatic nitrogens is 2. The molecule has 8 nitrogen and oxygen atoms in total. The third-order valence-corrected chi connectivity index (χ3v) is 5.43. The molecule has 1 fully saturated rings. The summed E-state index contributed by atoms with van der Waals surface area (Å²) >= 11 is 0. The zero-order chi connectivity index (χ0) is 21.8. The van der Waals surface area contributed by atoms with Crippen molar-refractivity contribution in [3.05, 3.63) is 65.8 Å². The minimum absolute atomic E-state index is 0.00346. The molecule has 1 aromatic heterocycles. The van der Waals surface area contributed by atoms with E-state index in [9.17, 15) is 14.0 Å². The Labute approximate surface area is 177 Å². The number of nitrogens with one attached hydrogen (secondary N) is 2. The van der Waals surface area contributed by atoms with Crippen LogP contribution < -0.4 is 10.6 Å². The van der Waals surface area contributed by atoms with Gasteiger partial charge in [-0.1, -0.05) is 29.4 Å². The number of aliphatic carboxylic acids is 1. The molecular weight excluding hydrogens is 403 g/mol. The predicted octanol–water partition coefficient (Wildman–Crippen LogP) is 4.56. The summed E-state index contributed by atoms with van der Waals surface area (Å²) in [6, 6.07) is 13.8. The van der Waals surface area contributed by atoms with Crippen molar-refractivity contribution in [1.82, 2.24) is 10.2 Å². The van der Waals surface area contributed by atoms with Gasteiger partial charge in [-0.05, 0) is 61.4 Å². The monoisotopic (exact) mass is 424 g/mol. The van der Waals surface area contributed by atoms with Crippen LogP contribution in [0.15, 0.2) is 52.9 Å². The van der Waals surface area contributed by atoms with Gasteiger partial charge in [0, 0.05) is 5.69 Å². The van der Waals surface area contributed by atoms with Crippen LogP contribution in [0.5, 0.6) is 0 Å². The molecule has 4 rings (SSSR count). The highest BCUT2D eigenvalue weighted by Gasteiger charge is 2.27. The number of carbonyl (C=O) groups excluding carboxylic acids is 1. The van der Waals surface area contributed by atoms with Gasteiger partial charge in [0.15, 0.2) is 0 Å². The first-order chi connectivity index (χ1) is 15.0. The second-order valence-corrected chi connectivity index (χ2v) is 7.48. The molecular formula is C22H21FN4O4. The quantitative estimate of drug-likeness (QED) is 0.531. The maximum absolute atomic E-state index is 14.6. The van der Waals surface area contributed by atoms with Crippen LogP contribution in [-0.2, 0) is 4.79 Å². The highest BCUT2D eigenvalue weighted by molar-refractivity contribution is 6.01. The molecule has 9 heteroatoms. The van der Waals surface area contributed by atoms with E-state index >= 15 is 0 Å². The summed E-state index contributed by atoms with van der Waals surface area (Å²) < 4.78 is 19.9. The lowest BCUT2D eigenvalue weighted by atomic mass is 9.79. The molecule has 3 N–H and O–H groups in total. The van der Waals surface area contributed by atoms with E-state index in [0.29, 0.717) is 25.7 Å². The van der Waals surface area contributed by atoms with Crippen molar-refractivity contribution in [3.63, 3.8) is 0 Å². The number of carboxylic acids is 1. The maximum atomic E-state index is 14.6. The van der Waals surface area contributed by atoms with Crippen molar-refractivity contribution in [3.8, 4) is 0 Å². The molecule has 1 aliphatic rings. The standard InChI is InChI=1S/C22H21FN4O4/c23-17-12-15(13-6-8-14(9-7-13)21(29)30)10-11-18(17)25-19(28)20-26-27-22(31-20)24-16-4-2-1-3-5-16/h1-5,10-14H,6-9H2,(H,24,27)(H,25,28)(H,29,30)/t13-,14+. The first-order valence-electron chi connectivity index (χ1n) is 9.99. The zero-order valence-electron chi connectivity index (χ0n) is 16.5. The molecule has 0 atom stereocenters. The third-order valence-electron chi connectivity index (χ3n) is 5.43. The molecule has 1 saturated carbocycles. The molecule has 0 radical (unpaired) electrons. The molecule has 1 amide bonds. The number of benzene rings is 2. The van der Waals surface area contributed by atoms with Gasteiger partial charge in [0.05, 0.1) is 11.6 Å². The number of amides is 1. The molecule has 0 spiro atoms. The normalized spacial score (nSPS) is 18.4. The average molecular weight is 424 g/mol. The molecule has 1 heterocycles. The van der Waals surface area contributed by atoms with Crippen LogP contribution in [-0.4, -0.2) is 27.2 Å². The molecule has 0 bridgehead atoms.